The number of rotatable bonds is 6. The van der Waals surface area contributed by atoms with Crippen LogP contribution in [0.2, 0.25) is 0 Å². The highest BCUT2D eigenvalue weighted by Crippen LogP contribution is 2.38. The van der Waals surface area contributed by atoms with Crippen molar-refractivity contribution in [1.29, 1.82) is 0 Å². The van der Waals surface area contributed by atoms with Crippen LogP contribution in [0.4, 0.5) is 0 Å². The lowest BCUT2D eigenvalue weighted by Gasteiger charge is -2.17. The standard InChI is InChI=1S/C14H20BrNO4/c1-14(2,15)13(17)16-8-9-6-10(18-3)12(20-5)11(7-9)19-4/h6-7H,8H2,1-5H3,(H,16,17). The summed E-state index contributed by atoms with van der Waals surface area (Å²) in [6.07, 6.45) is 0. The quantitative estimate of drug-likeness (QED) is 0.805. The number of nitrogens with one attached hydrogen (secondary N) is 1. The molecule has 1 amide bonds. The first-order chi connectivity index (χ1) is 9.33. The molecule has 5 nitrogen and oxygen atoms in total. The Balaban J connectivity index is 2.94. The number of amides is 1. The van der Waals surface area contributed by atoms with E-state index in [4.69, 9.17) is 14.2 Å². The van der Waals surface area contributed by atoms with Crippen molar-refractivity contribution in [3.8, 4) is 17.2 Å². The molecule has 0 unspecified atom stereocenters. The van der Waals surface area contributed by atoms with Gasteiger partial charge < -0.3 is 19.5 Å². The molecule has 1 aromatic carbocycles. The predicted octanol–water partition coefficient (Wildman–Crippen LogP) is 2.50. The number of ether oxygens (including phenoxy) is 3. The second-order valence-corrected chi connectivity index (χ2v) is 6.67. The molecule has 1 N–H and O–H groups in total. The molecule has 20 heavy (non-hydrogen) atoms. The number of halogens is 1. The van der Waals surface area contributed by atoms with Gasteiger partial charge >= 0.3 is 0 Å². The van der Waals surface area contributed by atoms with Crippen LogP contribution in [0.1, 0.15) is 19.4 Å². The van der Waals surface area contributed by atoms with Crippen LogP contribution in [0.15, 0.2) is 12.1 Å². The molecule has 112 valence electrons. The van der Waals surface area contributed by atoms with Crippen LogP contribution in [-0.2, 0) is 11.3 Å². The minimum Gasteiger partial charge on any atom is -0.493 e. The summed E-state index contributed by atoms with van der Waals surface area (Å²) in [5, 5.41) is 2.84. The normalized spacial score (nSPS) is 10.9. The Morgan fingerprint density at radius 2 is 1.65 bits per heavy atom. The third-order valence-corrected chi connectivity index (χ3v) is 3.08. The maximum absolute atomic E-state index is 11.8. The van der Waals surface area contributed by atoms with Crippen LogP contribution >= 0.6 is 15.9 Å². The summed E-state index contributed by atoms with van der Waals surface area (Å²) >= 11 is 3.32. The van der Waals surface area contributed by atoms with E-state index in [1.54, 1.807) is 35.2 Å². The lowest BCUT2D eigenvalue weighted by Crippen LogP contribution is -2.37. The number of methoxy groups -OCH3 is 3. The van der Waals surface area contributed by atoms with Gasteiger partial charge in [-0.2, -0.15) is 0 Å². The van der Waals surface area contributed by atoms with E-state index in [2.05, 4.69) is 21.2 Å². The van der Waals surface area contributed by atoms with Gasteiger partial charge in [-0.25, -0.2) is 0 Å². The summed E-state index contributed by atoms with van der Waals surface area (Å²) in [5.41, 5.74) is 0.865. The number of hydrogen-bond acceptors (Lipinski definition) is 4. The summed E-state index contributed by atoms with van der Waals surface area (Å²) in [5.74, 6) is 1.57. The topological polar surface area (TPSA) is 56.8 Å². The average molecular weight is 346 g/mol. The Labute approximate surface area is 127 Å². The van der Waals surface area contributed by atoms with Gasteiger partial charge in [-0.3, -0.25) is 4.79 Å². The van der Waals surface area contributed by atoms with E-state index in [9.17, 15) is 4.79 Å². The Morgan fingerprint density at radius 1 is 1.15 bits per heavy atom. The molecule has 6 heteroatoms. The van der Waals surface area contributed by atoms with E-state index < -0.39 is 4.32 Å². The Kier molecular flexibility index (Phi) is 5.68. The van der Waals surface area contributed by atoms with Crippen LogP contribution in [0.3, 0.4) is 0 Å². The molecule has 1 aromatic rings. The van der Waals surface area contributed by atoms with Crippen LogP contribution in [0.25, 0.3) is 0 Å². The smallest absolute Gasteiger partial charge is 0.236 e. The fraction of sp³-hybridized carbons (Fsp3) is 0.500. The van der Waals surface area contributed by atoms with Crippen molar-refractivity contribution in [2.45, 2.75) is 24.7 Å². The summed E-state index contributed by atoms with van der Waals surface area (Å²) in [6.45, 7) is 3.96. The van der Waals surface area contributed by atoms with Gasteiger partial charge in [-0.1, -0.05) is 15.9 Å². The van der Waals surface area contributed by atoms with Crippen LogP contribution in [0, 0.1) is 0 Å². The van der Waals surface area contributed by atoms with Gasteiger partial charge in [-0.15, -0.1) is 0 Å². The summed E-state index contributed by atoms with van der Waals surface area (Å²) < 4.78 is 15.2. The molecule has 0 spiro atoms. The van der Waals surface area contributed by atoms with Gasteiger partial charge in [0.05, 0.1) is 25.7 Å². The van der Waals surface area contributed by atoms with E-state index in [-0.39, 0.29) is 5.91 Å². The van der Waals surface area contributed by atoms with Gasteiger partial charge in [0.1, 0.15) is 0 Å². The minimum atomic E-state index is -0.604. The fourth-order valence-corrected chi connectivity index (χ4v) is 1.77. The molecular formula is C14H20BrNO4. The van der Waals surface area contributed by atoms with E-state index in [0.717, 1.165) is 5.56 Å². The zero-order valence-corrected chi connectivity index (χ0v) is 14.0. The van der Waals surface area contributed by atoms with Gasteiger partial charge in [0, 0.05) is 6.54 Å². The fourth-order valence-electron chi connectivity index (χ4n) is 1.63. The molecule has 1 rings (SSSR count). The lowest BCUT2D eigenvalue weighted by atomic mass is 10.1. The molecular weight excluding hydrogens is 326 g/mol. The first kappa shape index (κ1) is 16.6. The van der Waals surface area contributed by atoms with E-state index in [0.29, 0.717) is 23.8 Å². The number of carbonyl (C=O) groups is 1. The van der Waals surface area contributed by atoms with Gasteiger partial charge in [0.15, 0.2) is 11.5 Å². The zero-order valence-electron chi connectivity index (χ0n) is 12.4. The molecule has 0 aliphatic carbocycles. The number of hydrogen-bond donors (Lipinski definition) is 1. The highest BCUT2D eigenvalue weighted by Gasteiger charge is 2.23. The molecule has 0 fully saturated rings. The summed E-state index contributed by atoms with van der Waals surface area (Å²) in [4.78, 5) is 11.8. The van der Waals surface area contributed by atoms with Crippen molar-refractivity contribution in [2.24, 2.45) is 0 Å². The van der Waals surface area contributed by atoms with E-state index in [1.807, 2.05) is 12.1 Å². The van der Waals surface area contributed by atoms with Crippen LogP contribution in [-0.4, -0.2) is 31.6 Å². The van der Waals surface area contributed by atoms with Gasteiger partial charge in [-0.05, 0) is 31.5 Å². The van der Waals surface area contributed by atoms with Crippen LogP contribution < -0.4 is 19.5 Å². The molecule has 0 heterocycles. The highest BCUT2D eigenvalue weighted by molar-refractivity contribution is 9.10. The number of carbonyl (C=O) groups excluding carboxylic acids is 1. The van der Waals surface area contributed by atoms with Crippen molar-refractivity contribution in [2.75, 3.05) is 21.3 Å². The van der Waals surface area contributed by atoms with Crippen LogP contribution in [0.5, 0.6) is 17.2 Å². The Hall–Kier alpha value is -1.43. The van der Waals surface area contributed by atoms with Crippen molar-refractivity contribution >= 4 is 21.8 Å². The maximum atomic E-state index is 11.8. The zero-order chi connectivity index (χ0) is 15.3. The van der Waals surface area contributed by atoms with E-state index in [1.165, 1.54) is 0 Å². The Morgan fingerprint density at radius 3 is 2.00 bits per heavy atom. The van der Waals surface area contributed by atoms with E-state index >= 15 is 0 Å². The molecule has 0 saturated heterocycles. The Bertz CT molecular complexity index is 458. The van der Waals surface area contributed by atoms with Crippen molar-refractivity contribution < 1.29 is 19.0 Å². The average Bonchev–Trinajstić information content (AvgIpc) is 2.42. The molecule has 0 radical (unpaired) electrons. The number of benzene rings is 1. The monoisotopic (exact) mass is 345 g/mol. The minimum absolute atomic E-state index is 0.0914. The van der Waals surface area contributed by atoms with Crippen molar-refractivity contribution in [3.63, 3.8) is 0 Å². The number of alkyl halides is 1. The third kappa shape index (κ3) is 4.03. The first-order valence-electron chi connectivity index (χ1n) is 6.09. The summed E-state index contributed by atoms with van der Waals surface area (Å²) in [7, 11) is 4.66. The second-order valence-electron chi connectivity index (χ2n) is 4.69. The molecule has 0 aliphatic heterocycles. The molecule has 0 atom stereocenters. The van der Waals surface area contributed by atoms with Gasteiger partial charge in [0.2, 0.25) is 11.7 Å². The van der Waals surface area contributed by atoms with Crippen molar-refractivity contribution in [1.82, 2.24) is 5.32 Å². The molecule has 0 saturated carbocycles. The maximum Gasteiger partial charge on any atom is 0.236 e. The second kappa shape index (κ2) is 6.83. The third-order valence-electron chi connectivity index (χ3n) is 2.72. The first-order valence-corrected chi connectivity index (χ1v) is 6.89. The van der Waals surface area contributed by atoms with Gasteiger partial charge in [0.25, 0.3) is 0 Å². The lowest BCUT2D eigenvalue weighted by molar-refractivity contribution is -0.122. The van der Waals surface area contributed by atoms with Crippen molar-refractivity contribution in [3.05, 3.63) is 17.7 Å². The molecule has 0 bridgehead atoms. The molecule has 0 aromatic heterocycles. The summed E-state index contributed by atoms with van der Waals surface area (Å²) in [6, 6.07) is 3.62. The highest BCUT2D eigenvalue weighted by atomic mass is 79.9. The predicted molar refractivity (Wildman–Crippen MR) is 81.0 cm³/mol. The largest absolute Gasteiger partial charge is 0.493 e. The molecule has 0 aliphatic rings. The SMILES string of the molecule is COc1cc(CNC(=O)C(C)(C)Br)cc(OC)c1OC.